The van der Waals surface area contributed by atoms with Crippen molar-refractivity contribution in [1.29, 1.82) is 0 Å². The van der Waals surface area contributed by atoms with Crippen LogP contribution in [0.1, 0.15) is 43.5 Å². The third kappa shape index (κ3) is 4.67. The molecule has 1 aliphatic rings. The van der Waals surface area contributed by atoms with Gasteiger partial charge in [-0.05, 0) is 36.5 Å². The maximum atomic E-state index is 14.0. The zero-order chi connectivity index (χ0) is 18.6. The normalized spacial score (nSPS) is 23.9. The number of amides is 1. The molecule has 0 aromatic heterocycles. The molecule has 0 heterocycles. The summed E-state index contributed by atoms with van der Waals surface area (Å²) in [5, 5.41) is 2.96. The van der Waals surface area contributed by atoms with E-state index in [1.807, 2.05) is 0 Å². The van der Waals surface area contributed by atoms with Crippen LogP contribution < -0.4 is 10.0 Å². The van der Waals surface area contributed by atoms with Crippen molar-refractivity contribution in [2.75, 3.05) is 6.54 Å². The van der Waals surface area contributed by atoms with Crippen molar-refractivity contribution in [2.24, 2.45) is 11.8 Å². The van der Waals surface area contributed by atoms with E-state index < -0.39 is 20.7 Å². The Bertz CT molecular complexity index is 749. The van der Waals surface area contributed by atoms with E-state index in [4.69, 9.17) is 0 Å². The number of rotatable bonds is 6. The van der Waals surface area contributed by atoms with E-state index in [0.717, 1.165) is 31.4 Å². The molecule has 1 aromatic carbocycles. The molecule has 2 rings (SSSR count). The maximum Gasteiger partial charge on any atom is 0.251 e. The van der Waals surface area contributed by atoms with Gasteiger partial charge in [0, 0.05) is 18.2 Å². The molecule has 25 heavy (non-hydrogen) atoms. The summed E-state index contributed by atoms with van der Waals surface area (Å²) in [6.07, 6.45) is 4.44. The molecule has 2 N–H and O–H groups in total. The fourth-order valence-corrected chi connectivity index (χ4v) is 4.23. The molecule has 0 bridgehead atoms. The summed E-state index contributed by atoms with van der Waals surface area (Å²) in [7, 11) is -4.04. The Morgan fingerprint density at radius 3 is 2.76 bits per heavy atom. The third-order valence-electron chi connectivity index (χ3n) is 4.92. The summed E-state index contributed by atoms with van der Waals surface area (Å²) in [4.78, 5) is 12.0. The highest BCUT2D eigenvalue weighted by atomic mass is 32.2. The SMILES string of the molecule is C=CCNS(=O)(=O)c1cc(C(=O)NC2CCCC(C)C2C)ccc1F. The van der Waals surface area contributed by atoms with Crippen LogP contribution in [0.4, 0.5) is 4.39 Å². The van der Waals surface area contributed by atoms with Gasteiger partial charge < -0.3 is 5.32 Å². The number of sulfonamides is 1. The zero-order valence-electron chi connectivity index (χ0n) is 14.6. The first-order chi connectivity index (χ1) is 11.8. The summed E-state index contributed by atoms with van der Waals surface area (Å²) in [5.74, 6) is -0.416. The van der Waals surface area contributed by atoms with Gasteiger partial charge in [0.25, 0.3) is 5.91 Å². The fourth-order valence-electron chi connectivity index (χ4n) is 3.13. The highest BCUT2D eigenvalue weighted by Crippen LogP contribution is 2.29. The van der Waals surface area contributed by atoms with Gasteiger partial charge >= 0.3 is 0 Å². The lowest BCUT2D eigenvalue weighted by molar-refractivity contribution is 0.0891. The standard InChI is InChI=1S/C18H25FN2O3S/c1-4-10-20-25(23,24)17-11-14(8-9-15(17)19)18(22)21-16-7-5-6-12(2)13(16)3/h4,8-9,11-13,16,20H,1,5-7,10H2,2-3H3,(H,21,22). The predicted octanol–water partition coefficient (Wildman–Crippen LogP) is 2.84. The van der Waals surface area contributed by atoms with E-state index in [1.165, 1.54) is 12.1 Å². The molecular formula is C18H25FN2O3S. The number of halogens is 1. The molecule has 5 nitrogen and oxygen atoms in total. The van der Waals surface area contributed by atoms with Gasteiger partial charge in [-0.2, -0.15) is 0 Å². The number of carbonyl (C=O) groups is 1. The molecule has 0 spiro atoms. The van der Waals surface area contributed by atoms with E-state index in [-0.39, 0.29) is 24.1 Å². The van der Waals surface area contributed by atoms with Gasteiger partial charge in [-0.3, -0.25) is 4.79 Å². The summed E-state index contributed by atoms with van der Waals surface area (Å²) in [6.45, 7) is 7.67. The van der Waals surface area contributed by atoms with Crippen LogP contribution in [0.3, 0.4) is 0 Å². The third-order valence-corrected chi connectivity index (χ3v) is 6.36. The second-order valence-electron chi connectivity index (χ2n) is 6.63. The van der Waals surface area contributed by atoms with E-state index in [1.54, 1.807) is 0 Å². The van der Waals surface area contributed by atoms with Gasteiger partial charge in [-0.25, -0.2) is 17.5 Å². The molecule has 1 aromatic rings. The minimum absolute atomic E-state index is 0.0182. The lowest BCUT2D eigenvalue weighted by Crippen LogP contribution is -2.43. The number of nitrogens with one attached hydrogen (secondary N) is 2. The van der Waals surface area contributed by atoms with Gasteiger partial charge in [-0.1, -0.05) is 32.8 Å². The summed E-state index contributed by atoms with van der Waals surface area (Å²) >= 11 is 0. The van der Waals surface area contributed by atoms with Crippen LogP contribution in [0.5, 0.6) is 0 Å². The van der Waals surface area contributed by atoms with Gasteiger partial charge in [0.05, 0.1) is 0 Å². The van der Waals surface area contributed by atoms with Gasteiger partial charge in [-0.15, -0.1) is 6.58 Å². The molecular weight excluding hydrogens is 343 g/mol. The smallest absolute Gasteiger partial charge is 0.251 e. The molecule has 1 saturated carbocycles. The van der Waals surface area contributed by atoms with Crippen LogP contribution in [0.2, 0.25) is 0 Å². The minimum atomic E-state index is -4.04. The lowest BCUT2D eigenvalue weighted by Gasteiger charge is -2.34. The Balaban J connectivity index is 2.21. The largest absolute Gasteiger partial charge is 0.349 e. The predicted molar refractivity (Wildman–Crippen MR) is 95.2 cm³/mol. The quantitative estimate of drug-likeness (QED) is 0.758. The van der Waals surface area contributed by atoms with E-state index in [2.05, 4.69) is 30.5 Å². The average Bonchev–Trinajstić information content (AvgIpc) is 2.57. The van der Waals surface area contributed by atoms with Gasteiger partial charge in [0.1, 0.15) is 10.7 Å². The number of carbonyl (C=O) groups excluding carboxylic acids is 1. The minimum Gasteiger partial charge on any atom is -0.349 e. The van der Waals surface area contributed by atoms with Crippen LogP contribution in [0, 0.1) is 17.7 Å². The maximum absolute atomic E-state index is 14.0. The topological polar surface area (TPSA) is 75.3 Å². The fraction of sp³-hybridized carbons (Fsp3) is 0.500. The molecule has 3 unspecified atom stereocenters. The molecule has 138 valence electrons. The molecule has 0 radical (unpaired) electrons. The van der Waals surface area contributed by atoms with Gasteiger partial charge in [0.2, 0.25) is 10.0 Å². The second-order valence-corrected chi connectivity index (χ2v) is 8.37. The number of benzene rings is 1. The lowest BCUT2D eigenvalue weighted by atomic mass is 9.78. The summed E-state index contributed by atoms with van der Waals surface area (Å²) < 4.78 is 40.4. The molecule has 0 aliphatic heterocycles. The molecule has 0 saturated heterocycles. The highest BCUT2D eigenvalue weighted by Gasteiger charge is 2.29. The molecule has 7 heteroatoms. The average molecular weight is 368 g/mol. The van der Waals surface area contributed by atoms with Crippen molar-refractivity contribution < 1.29 is 17.6 Å². The van der Waals surface area contributed by atoms with Gasteiger partial charge in [0.15, 0.2) is 0 Å². The van der Waals surface area contributed by atoms with Crippen molar-refractivity contribution in [2.45, 2.75) is 44.0 Å². The highest BCUT2D eigenvalue weighted by molar-refractivity contribution is 7.89. The second kappa shape index (κ2) is 8.10. The van der Waals surface area contributed by atoms with Crippen molar-refractivity contribution >= 4 is 15.9 Å². The van der Waals surface area contributed by atoms with Crippen LogP contribution in [-0.2, 0) is 10.0 Å². The Morgan fingerprint density at radius 2 is 2.08 bits per heavy atom. The zero-order valence-corrected chi connectivity index (χ0v) is 15.4. The van der Waals surface area contributed by atoms with E-state index in [9.17, 15) is 17.6 Å². The van der Waals surface area contributed by atoms with Crippen LogP contribution in [0.25, 0.3) is 0 Å². The molecule has 1 amide bonds. The Morgan fingerprint density at radius 1 is 1.36 bits per heavy atom. The van der Waals surface area contributed by atoms with Crippen molar-refractivity contribution in [3.63, 3.8) is 0 Å². The van der Waals surface area contributed by atoms with E-state index in [0.29, 0.717) is 11.8 Å². The van der Waals surface area contributed by atoms with Crippen LogP contribution in [0.15, 0.2) is 35.7 Å². The Hall–Kier alpha value is -1.73. The first-order valence-corrected chi connectivity index (χ1v) is 9.95. The Labute approximate surface area is 148 Å². The van der Waals surface area contributed by atoms with Crippen molar-refractivity contribution in [3.8, 4) is 0 Å². The van der Waals surface area contributed by atoms with Crippen LogP contribution in [-0.4, -0.2) is 26.9 Å². The molecule has 1 aliphatic carbocycles. The van der Waals surface area contributed by atoms with Crippen molar-refractivity contribution in [1.82, 2.24) is 10.0 Å². The Kier molecular flexibility index (Phi) is 6.35. The molecule has 1 fully saturated rings. The van der Waals surface area contributed by atoms with Crippen molar-refractivity contribution in [3.05, 3.63) is 42.2 Å². The summed E-state index contributed by atoms with van der Waals surface area (Å²) in [6, 6.07) is 3.42. The molecule has 3 atom stereocenters. The number of hydrogen-bond acceptors (Lipinski definition) is 3. The van der Waals surface area contributed by atoms with E-state index >= 15 is 0 Å². The summed E-state index contributed by atoms with van der Waals surface area (Å²) in [5.41, 5.74) is 0.130. The first-order valence-electron chi connectivity index (χ1n) is 8.47. The number of hydrogen-bond donors (Lipinski definition) is 2. The van der Waals surface area contributed by atoms with Crippen LogP contribution >= 0.6 is 0 Å². The monoisotopic (exact) mass is 368 g/mol. The first kappa shape index (κ1) is 19.6.